The lowest BCUT2D eigenvalue weighted by molar-refractivity contribution is -0.119. The van der Waals surface area contributed by atoms with Gasteiger partial charge in [-0.2, -0.15) is 0 Å². The van der Waals surface area contributed by atoms with E-state index in [9.17, 15) is 14.4 Å². The van der Waals surface area contributed by atoms with Gasteiger partial charge in [-0.15, -0.1) is 11.3 Å². The number of carbonyl (C=O) groups excluding carboxylic acids is 3. The van der Waals surface area contributed by atoms with Crippen LogP contribution in [0.15, 0.2) is 35.7 Å². The van der Waals surface area contributed by atoms with Crippen LogP contribution in [0.3, 0.4) is 0 Å². The van der Waals surface area contributed by atoms with E-state index in [0.717, 1.165) is 5.56 Å². The molecule has 0 saturated carbocycles. The van der Waals surface area contributed by atoms with E-state index in [1.807, 2.05) is 0 Å². The lowest BCUT2D eigenvalue weighted by Crippen LogP contribution is -2.22. The summed E-state index contributed by atoms with van der Waals surface area (Å²) in [6.45, 7) is 1.35. The van der Waals surface area contributed by atoms with E-state index < -0.39 is 24.5 Å². The van der Waals surface area contributed by atoms with E-state index in [1.165, 1.54) is 24.5 Å². The van der Waals surface area contributed by atoms with Crippen LogP contribution < -0.4 is 5.32 Å². The molecule has 0 aliphatic rings. The molecule has 120 valence electrons. The van der Waals surface area contributed by atoms with Gasteiger partial charge in [-0.1, -0.05) is 12.1 Å². The fourth-order valence-electron chi connectivity index (χ4n) is 1.84. The third-order valence-corrected chi connectivity index (χ3v) is 3.98. The molecule has 6 nitrogen and oxygen atoms in total. The Morgan fingerprint density at radius 1 is 1.13 bits per heavy atom. The minimum Gasteiger partial charge on any atom is -0.465 e. The van der Waals surface area contributed by atoms with Gasteiger partial charge >= 0.3 is 11.9 Å². The van der Waals surface area contributed by atoms with Gasteiger partial charge in [-0.3, -0.25) is 4.79 Å². The molecule has 0 fully saturated rings. The van der Waals surface area contributed by atoms with Crippen LogP contribution in [0.25, 0.3) is 0 Å². The summed E-state index contributed by atoms with van der Waals surface area (Å²) in [6, 6.07) is 8.22. The van der Waals surface area contributed by atoms with Crippen molar-refractivity contribution in [2.24, 2.45) is 0 Å². The zero-order chi connectivity index (χ0) is 16.8. The summed E-state index contributed by atoms with van der Waals surface area (Å²) >= 11 is 1.26. The number of para-hydroxylation sites is 1. The number of esters is 2. The summed E-state index contributed by atoms with van der Waals surface area (Å²) in [5.41, 5.74) is 1.33. The topological polar surface area (TPSA) is 81.7 Å². The van der Waals surface area contributed by atoms with Gasteiger partial charge in [0, 0.05) is 0 Å². The van der Waals surface area contributed by atoms with Crippen molar-refractivity contribution in [3.8, 4) is 0 Å². The van der Waals surface area contributed by atoms with Crippen LogP contribution in [0.4, 0.5) is 5.69 Å². The molecule has 0 unspecified atom stereocenters. The largest absolute Gasteiger partial charge is 0.465 e. The molecular weight excluding hydrogens is 318 g/mol. The Hall–Kier alpha value is -2.67. The SMILES string of the molecule is COC(=O)c1ccccc1NC(=O)COC(=O)c1sccc1C. The molecule has 0 radical (unpaired) electrons. The Labute approximate surface area is 137 Å². The number of nitrogens with one attached hydrogen (secondary N) is 1. The van der Waals surface area contributed by atoms with Gasteiger partial charge in [-0.05, 0) is 36.1 Å². The van der Waals surface area contributed by atoms with Crippen molar-refractivity contribution in [2.45, 2.75) is 6.92 Å². The zero-order valence-electron chi connectivity index (χ0n) is 12.6. The molecule has 2 rings (SSSR count). The molecule has 1 aromatic heterocycles. The molecule has 0 saturated heterocycles. The molecular formula is C16H15NO5S. The number of hydrogen-bond donors (Lipinski definition) is 1. The summed E-state index contributed by atoms with van der Waals surface area (Å²) in [5.74, 6) is -1.65. The van der Waals surface area contributed by atoms with E-state index in [0.29, 0.717) is 10.6 Å². The second kappa shape index (κ2) is 7.55. The molecule has 0 aliphatic heterocycles. The molecule has 1 amide bonds. The van der Waals surface area contributed by atoms with E-state index in [-0.39, 0.29) is 5.56 Å². The van der Waals surface area contributed by atoms with Gasteiger partial charge in [0.1, 0.15) is 4.88 Å². The quantitative estimate of drug-likeness (QED) is 0.851. The van der Waals surface area contributed by atoms with Crippen LogP contribution in [-0.2, 0) is 14.3 Å². The number of amides is 1. The Morgan fingerprint density at radius 2 is 1.87 bits per heavy atom. The van der Waals surface area contributed by atoms with Crippen molar-refractivity contribution < 1.29 is 23.9 Å². The van der Waals surface area contributed by atoms with Crippen molar-refractivity contribution in [2.75, 3.05) is 19.0 Å². The molecule has 2 aromatic rings. The minimum atomic E-state index is -0.563. The predicted molar refractivity (Wildman–Crippen MR) is 85.7 cm³/mol. The lowest BCUT2D eigenvalue weighted by Gasteiger charge is -2.09. The highest BCUT2D eigenvalue weighted by Crippen LogP contribution is 2.17. The average molecular weight is 333 g/mol. The first kappa shape index (κ1) is 16.7. The van der Waals surface area contributed by atoms with E-state index >= 15 is 0 Å². The Kier molecular flexibility index (Phi) is 5.48. The second-order valence-corrected chi connectivity index (χ2v) is 5.51. The number of ether oxygens (including phenoxy) is 2. The molecule has 1 N–H and O–H groups in total. The first-order valence-corrected chi connectivity index (χ1v) is 7.59. The van der Waals surface area contributed by atoms with Crippen molar-refractivity contribution >= 4 is 34.9 Å². The summed E-state index contributed by atoms with van der Waals surface area (Å²) < 4.78 is 9.62. The summed E-state index contributed by atoms with van der Waals surface area (Å²) in [7, 11) is 1.26. The third kappa shape index (κ3) is 4.17. The van der Waals surface area contributed by atoms with Crippen molar-refractivity contribution in [1.29, 1.82) is 0 Å². The Bertz CT molecular complexity index is 738. The number of rotatable bonds is 5. The molecule has 23 heavy (non-hydrogen) atoms. The van der Waals surface area contributed by atoms with E-state index in [4.69, 9.17) is 4.74 Å². The number of benzene rings is 1. The summed E-state index contributed by atoms with van der Waals surface area (Å²) in [4.78, 5) is 35.8. The highest BCUT2D eigenvalue weighted by molar-refractivity contribution is 7.12. The maximum Gasteiger partial charge on any atom is 0.349 e. The third-order valence-electron chi connectivity index (χ3n) is 2.99. The maximum atomic E-state index is 11.9. The number of aryl methyl sites for hydroxylation is 1. The molecule has 0 bridgehead atoms. The maximum absolute atomic E-state index is 11.9. The Morgan fingerprint density at radius 3 is 2.52 bits per heavy atom. The van der Waals surface area contributed by atoms with Crippen LogP contribution in [0, 0.1) is 6.92 Å². The highest BCUT2D eigenvalue weighted by atomic mass is 32.1. The monoisotopic (exact) mass is 333 g/mol. The van der Waals surface area contributed by atoms with Crippen LogP contribution in [0.5, 0.6) is 0 Å². The normalized spacial score (nSPS) is 10.0. The van der Waals surface area contributed by atoms with Gasteiger partial charge in [-0.25, -0.2) is 9.59 Å². The zero-order valence-corrected chi connectivity index (χ0v) is 13.4. The molecule has 0 aliphatic carbocycles. The average Bonchev–Trinajstić information content (AvgIpc) is 2.98. The first-order valence-electron chi connectivity index (χ1n) is 6.71. The van der Waals surface area contributed by atoms with Gasteiger partial charge in [0.2, 0.25) is 0 Å². The molecule has 0 atom stereocenters. The van der Waals surface area contributed by atoms with Crippen molar-refractivity contribution in [1.82, 2.24) is 0 Å². The van der Waals surface area contributed by atoms with Gasteiger partial charge in [0.15, 0.2) is 6.61 Å². The standard InChI is InChI=1S/C16H15NO5S/c1-10-7-8-23-14(10)16(20)22-9-13(18)17-12-6-4-3-5-11(12)15(19)21-2/h3-8H,9H2,1-2H3,(H,17,18). The number of thiophene rings is 1. The van der Waals surface area contributed by atoms with Crippen molar-refractivity contribution in [3.05, 3.63) is 51.7 Å². The predicted octanol–water partition coefficient (Wildman–Crippen LogP) is 2.64. The fourth-order valence-corrected chi connectivity index (χ4v) is 2.66. The van der Waals surface area contributed by atoms with Crippen LogP contribution in [0.1, 0.15) is 25.6 Å². The molecule has 0 spiro atoms. The van der Waals surface area contributed by atoms with E-state index in [2.05, 4.69) is 10.1 Å². The fraction of sp³-hybridized carbons (Fsp3) is 0.188. The van der Waals surface area contributed by atoms with Crippen LogP contribution in [0.2, 0.25) is 0 Å². The highest BCUT2D eigenvalue weighted by Gasteiger charge is 2.16. The Balaban J connectivity index is 1.97. The van der Waals surface area contributed by atoms with E-state index in [1.54, 1.807) is 36.6 Å². The lowest BCUT2D eigenvalue weighted by atomic mass is 10.2. The first-order chi connectivity index (χ1) is 11.0. The number of carbonyl (C=O) groups is 3. The molecule has 1 heterocycles. The van der Waals surface area contributed by atoms with Crippen LogP contribution in [-0.4, -0.2) is 31.6 Å². The molecule has 1 aromatic carbocycles. The summed E-state index contributed by atoms with van der Waals surface area (Å²) in [5, 5.41) is 4.30. The van der Waals surface area contributed by atoms with Gasteiger partial charge in [0.05, 0.1) is 18.4 Å². The number of hydrogen-bond acceptors (Lipinski definition) is 6. The van der Waals surface area contributed by atoms with Crippen molar-refractivity contribution in [3.63, 3.8) is 0 Å². The number of methoxy groups -OCH3 is 1. The molecule has 7 heteroatoms. The van der Waals surface area contributed by atoms with Gasteiger partial charge < -0.3 is 14.8 Å². The second-order valence-electron chi connectivity index (χ2n) is 4.59. The summed E-state index contributed by atoms with van der Waals surface area (Å²) in [6.07, 6.45) is 0. The smallest absolute Gasteiger partial charge is 0.349 e. The number of anilines is 1. The van der Waals surface area contributed by atoms with Crippen LogP contribution >= 0.6 is 11.3 Å². The van der Waals surface area contributed by atoms with Gasteiger partial charge in [0.25, 0.3) is 5.91 Å². The minimum absolute atomic E-state index is 0.226.